The second-order valence-corrected chi connectivity index (χ2v) is 7.42. The van der Waals surface area contributed by atoms with Crippen molar-refractivity contribution in [1.29, 1.82) is 0 Å². The number of hydrogen-bond donors (Lipinski definition) is 3. The molecule has 3 N–H and O–H groups in total. The lowest BCUT2D eigenvalue weighted by Gasteiger charge is -2.38. The van der Waals surface area contributed by atoms with Gasteiger partial charge in [-0.3, -0.25) is 0 Å². The van der Waals surface area contributed by atoms with Crippen molar-refractivity contribution in [3.05, 3.63) is 35.9 Å². The highest BCUT2D eigenvalue weighted by molar-refractivity contribution is 5.74. The third kappa shape index (κ3) is 3.57. The highest BCUT2D eigenvalue weighted by atomic mass is 16.3. The number of rotatable bonds is 4. The molecule has 5 heteroatoms. The van der Waals surface area contributed by atoms with Gasteiger partial charge in [0.1, 0.15) is 5.60 Å². The zero-order chi connectivity index (χ0) is 17.0. The molecule has 2 aliphatic rings. The summed E-state index contributed by atoms with van der Waals surface area (Å²) in [5.74, 6) is 0. The molecule has 2 fully saturated rings. The van der Waals surface area contributed by atoms with Crippen LogP contribution < -0.4 is 5.32 Å². The molecule has 0 aromatic heterocycles. The molecular formula is C19H28N2O3. The summed E-state index contributed by atoms with van der Waals surface area (Å²) >= 11 is 0. The maximum atomic E-state index is 12.5. The molecule has 1 saturated carbocycles. The molecule has 0 unspecified atom stereocenters. The monoisotopic (exact) mass is 332 g/mol. The Morgan fingerprint density at radius 3 is 2.46 bits per heavy atom. The minimum atomic E-state index is -1.14. The largest absolute Gasteiger partial charge is 0.393 e. The van der Waals surface area contributed by atoms with Crippen molar-refractivity contribution >= 4 is 6.03 Å². The Balaban J connectivity index is 1.65. The first-order valence-corrected chi connectivity index (χ1v) is 8.99. The van der Waals surface area contributed by atoms with Gasteiger partial charge in [0.05, 0.1) is 13.2 Å². The van der Waals surface area contributed by atoms with Crippen LogP contribution in [0.25, 0.3) is 0 Å². The number of likely N-dealkylation sites (tertiary alicyclic amines) is 1. The van der Waals surface area contributed by atoms with Crippen LogP contribution in [0, 0.1) is 0 Å². The molecule has 0 radical (unpaired) electrons. The maximum Gasteiger partial charge on any atom is 0.317 e. The molecule has 3 rings (SSSR count). The van der Waals surface area contributed by atoms with Gasteiger partial charge in [0, 0.05) is 18.5 Å². The Kier molecular flexibility index (Phi) is 5.11. The minimum absolute atomic E-state index is 0.0160. The van der Waals surface area contributed by atoms with Crippen molar-refractivity contribution in [1.82, 2.24) is 10.2 Å². The van der Waals surface area contributed by atoms with Crippen molar-refractivity contribution in [2.75, 3.05) is 26.2 Å². The van der Waals surface area contributed by atoms with Crippen LogP contribution in [0.3, 0.4) is 0 Å². The van der Waals surface area contributed by atoms with E-state index in [1.807, 2.05) is 6.07 Å². The van der Waals surface area contributed by atoms with Gasteiger partial charge >= 0.3 is 6.03 Å². The summed E-state index contributed by atoms with van der Waals surface area (Å²) in [7, 11) is 0. The van der Waals surface area contributed by atoms with Crippen LogP contribution in [0.5, 0.6) is 0 Å². The lowest BCUT2D eigenvalue weighted by atomic mass is 9.69. The zero-order valence-electron chi connectivity index (χ0n) is 14.2. The Labute approximate surface area is 143 Å². The van der Waals surface area contributed by atoms with E-state index in [0.717, 1.165) is 12.8 Å². The van der Waals surface area contributed by atoms with E-state index in [9.17, 15) is 15.0 Å². The number of aliphatic hydroxyl groups excluding tert-OH is 1. The zero-order valence-corrected chi connectivity index (χ0v) is 14.2. The molecule has 1 aromatic carbocycles. The molecule has 0 bridgehead atoms. The lowest BCUT2D eigenvalue weighted by molar-refractivity contribution is -0.00284. The number of benzene rings is 1. The molecule has 24 heavy (non-hydrogen) atoms. The number of hydrogen-bond acceptors (Lipinski definition) is 3. The van der Waals surface area contributed by atoms with E-state index >= 15 is 0 Å². The number of nitrogens with one attached hydrogen (secondary N) is 1. The van der Waals surface area contributed by atoms with Gasteiger partial charge in [-0.2, -0.15) is 0 Å². The van der Waals surface area contributed by atoms with Crippen molar-refractivity contribution in [2.24, 2.45) is 0 Å². The second-order valence-electron chi connectivity index (χ2n) is 7.42. The van der Waals surface area contributed by atoms with Crippen LogP contribution in [0.2, 0.25) is 0 Å². The molecule has 1 atom stereocenters. The minimum Gasteiger partial charge on any atom is -0.393 e. The molecule has 2 amide bonds. The normalized spacial score (nSPS) is 26.3. The molecule has 1 aromatic rings. The van der Waals surface area contributed by atoms with Crippen LogP contribution in [-0.4, -0.2) is 53.0 Å². The summed E-state index contributed by atoms with van der Waals surface area (Å²) in [4.78, 5) is 14.1. The SMILES string of the molecule is O=C(NCC1(c2ccccc2)CCCCC1)N1CC[C@@](O)(CO)C1. The van der Waals surface area contributed by atoms with Gasteiger partial charge in [-0.15, -0.1) is 0 Å². The molecule has 1 aliphatic heterocycles. The van der Waals surface area contributed by atoms with Gasteiger partial charge in [-0.25, -0.2) is 4.79 Å². The van der Waals surface area contributed by atoms with E-state index in [1.54, 1.807) is 4.90 Å². The fraction of sp³-hybridized carbons (Fsp3) is 0.632. The van der Waals surface area contributed by atoms with Crippen molar-refractivity contribution in [3.8, 4) is 0 Å². The van der Waals surface area contributed by atoms with Gasteiger partial charge in [-0.05, 0) is 24.8 Å². The number of amides is 2. The summed E-state index contributed by atoms with van der Waals surface area (Å²) in [6.45, 7) is 1.02. The molecular weight excluding hydrogens is 304 g/mol. The second kappa shape index (κ2) is 7.11. The predicted octanol–water partition coefficient (Wildman–Crippen LogP) is 2.03. The van der Waals surface area contributed by atoms with E-state index in [2.05, 4.69) is 29.6 Å². The number of β-amino-alcohol motifs (C(OH)–C–C–N with tert-alkyl or cyclic N) is 1. The summed E-state index contributed by atoms with van der Waals surface area (Å²) in [5.41, 5.74) is 0.180. The topological polar surface area (TPSA) is 72.8 Å². The Morgan fingerprint density at radius 1 is 1.12 bits per heavy atom. The lowest BCUT2D eigenvalue weighted by Crippen LogP contribution is -2.48. The Hall–Kier alpha value is -1.59. The quantitative estimate of drug-likeness (QED) is 0.790. The van der Waals surface area contributed by atoms with Crippen LogP contribution >= 0.6 is 0 Å². The van der Waals surface area contributed by atoms with E-state index < -0.39 is 5.60 Å². The predicted molar refractivity (Wildman–Crippen MR) is 92.8 cm³/mol. The van der Waals surface area contributed by atoms with Crippen molar-refractivity contribution < 1.29 is 15.0 Å². The summed E-state index contributed by atoms with van der Waals surface area (Å²) in [6, 6.07) is 10.3. The molecule has 1 saturated heterocycles. The van der Waals surface area contributed by atoms with E-state index in [4.69, 9.17) is 0 Å². The standard InChI is InChI=1S/C19H28N2O3/c22-15-19(24)11-12-21(14-19)17(23)20-13-18(9-5-2-6-10-18)16-7-3-1-4-8-16/h1,3-4,7-8,22,24H,2,5-6,9-15H2,(H,20,23)/t19-/m0/s1. The fourth-order valence-corrected chi connectivity index (χ4v) is 4.10. The highest BCUT2D eigenvalue weighted by Gasteiger charge is 2.39. The molecule has 132 valence electrons. The van der Waals surface area contributed by atoms with E-state index in [0.29, 0.717) is 19.5 Å². The van der Waals surface area contributed by atoms with E-state index in [1.165, 1.54) is 24.8 Å². The van der Waals surface area contributed by atoms with Gasteiger partial charge in [0.15, 0.2) is 0 Å². The maximum absolute atomic E-state index is 12.5. The average Bonchev–Trinajstić information content (AvgIpc) is 3.04. The smallest absolute Gasteiger partial charge is 0.317 e. The van der Waals surface area contributed by atoms with Crippen molar-refractivity contribution in [3.63, 3.8) is 0 Å². The van der Waals surface area contributed by atoms with Crippen LogP contribution in [0.4, 0.5) is 4.79 Å². The van der Waals surface area contributed by atoms with Gasteiger partial charge in [-0.1, -0.05) is 49.6 Å². The first kappa shape index (κ1) is 17.2. The van der Waals surface area contributed by atoms with Crippen LogP contribution in [0.1, 0.15) is 44.1 Å². The van der Waals surface area contributed by atoms with Crippen LogP contribution in [0.15, 0.2) is 30.3 Å². The first-order valence-electron chi connectivity index (χ1n) is 8.99. The van der Waals surface area contributed by atoms with Crippen molar-refractivity contribution in [2.45, 2.75) is 49.5 Å². The van der Waals surface area contributed by atoms with E-state index in [-0.39, 0.29) is 24.6 Å². The third-order valence-electron chi connectivity index (χ3n) is 5.69. The third-order valence-corrected chi connectivity index (χ3v) is 5.69. The summed E-state index contributed by atoms with van der Waals surface area (Å²) < 4.78 is 0. The van der Waals surface area contributed by atoms with Gasteiger partial charge < -0.3 is 20.4 Å². The summed E-state index contributed by atoms with van der Waals surface area (Å²) in [5, 5.41) is 22.4. The fourth-order valence-electron chi connectivity index (χ4n) is 4.10. The number of carbonyl (C=O) groups is 1. The number of urea groups is 1. The Morgan fingerprint density at radius 2 is 1.83 bits per heavy atom. The average molecular weight is 332 g/mol. The van der Waals surface area contributed by atoms with Crippen LogP contribution in [-0.2, 0) is 5.41 Å². The highest BCUT2D eigenvalue weighted by Crippen LogP contribution is 2.39. The van der Waals surface area contributed by atoms with Gasteiger partial charge in [0.2, 0.25) is 0 Å². The molecule has 1 aliphatic carbocycles. The number of nitrogens with zero attached hydrogens (tertiary/aromatic N) is 1. The number of carbonyl (C=O) groups excluding carboxylic acids is 1. The summed E-state index contributed by atoms with van der Waals surface area (Å²) in [6.07, 6.45) is 6.27. The number of aliphatic hydroxyl groups is 2. The first-order chi connectivity index (χ1) is 11.6. The van der Waals surface area contributed by atoms with Gasteiger partial charge in [0.25, 0.3) is 0 Å². The molecule has 5 nitrogen and oxygen atoms in total. The Bertz CT molecular complexity index is 557. The molecule has 0 spiro atoms. The molecule has 1 heterocycles.